The molecule has 1 aromatic rings. The van der Waals surface area contributed by atoms with Crippen LogP contribution in [0.1, 0.15) is 24.0 Å². The van der Waals surface area contributed by atoms with Crippen LogP contribution in [0.4, 0.5) is 0 Å². The van der Waals surface area contributed by atoms with Crippen molar-refractivity contribution < 1.29 is 9.53 Å². The number of nitrogens with two attached hydrogens (primary N) is 1. The number of nitrogens with zero attached hydrogens (tertiary/aromatic N) is 1. The van der Waals surface area contributed by atoms with Crippen LogP contribution in [0.5, 0.6) is 5.75 Å². The summed E-state index contributed by atoms with van der Waals surface area (Å²) in [5.41, 5.74) is 7.74. The first-order valence-electron chi connectivity index (χ1n) is 6.90. The van der Waals surface area contributed by atoms with Crippen molar-refractivity contribution in [2.45, 2.75) is 32.7 Å². The van der Waals surface area contributed by atoms with Crippen LogP contribution in [0.25, 0.3) is 0 Å². The van der Waals surface area contributed by atoms with E-state index in [9.17, 15) is 4.79 Å². The van der Waals surface area contributed by atoms with Crippen LogP contribution in [0.3, 0.4) is 0 Å². The normalized spacial score (nSPS) is 16.3. The summed E-state index contributed by atoms with van der Waals surface area (Å²) in [5, 5.41) is 0.744. The zero-order chi connectivity index (χ0) is 14.7. The molecule has 1 aliphatic heterocycles. The van der Waals surface area contributed by atoms with Gasteiger partial charge in [0.2, 0.25) is 0 Å². The lowest BCUT2D eigenvalue weighted by atomic mass is 10.1. The van der Waals surface area contributed by atoms with Gasteiger partial charge in [0.25, 0.3) is 5.91 Å². The Morgan fingerprint density at radius 1 is 1.35 bits per heavy atom. The molecule has 0 saturated carbocycles. The van der Waals surface area contributed by atoms with E-state index in [1.807, 2.05) is 30.9 Å². The van der Waals surface area contributed by atoms with E-state index < -0.39 is 0 Å². The van der Waals surface area contributed by atoms with Crippen molar-refractivity contribution in [1.29, 1.82) is 0 Å². The first kappa shape index (κ1) is 15.1. The average Bonchev–Trinajstić information content (AvgIpc) is 2.42. The van der Waals surface area contributed by atoms with Gasteiger partial charge in [0.15, 0.2) is 6.61 Å². The van der Waals surface area contributed by atoms with Crippen molar-refractivity contribution in [3.63, 3.8) is 0 Å². The van der Waals surface area contributed by atoms with Gasteiger partial charge >= 0.3 is 0 Å². The lowest BCUT2D eigenvalue weighted by Crippen LogP contribution is -2.44. The molecule has 0 spiro atoms. The van der Waals surface area contributed by atoms with Gasteiger partial charge in [0.05, 0.1) is 0 Å². The summed E-state index contributed by atoms with van der Waals surface area (Å²) < 4.78 is 5.58. The highest BCUT2D eigenvalue weighted by molar-refractivity contribution is 6.32. The Kier molecular flexibility index (Phi) is 4.89. The van der Waals surface area contributed by atoms with E-state index in [1.165, 1.54) is 0 Å². The Bertz CT molecular complexity index is 474. The highest BCUT2D eigenvalue weighted by atomic mass is 35.5. The van der Waals surface area contributed by atoms with Crippen molar-refractivity contribution in [3.8, 4) is 5.75 Å². The Morgan fingerprint density at radius 2 is 1.90 bits per heavy atom. The van der Waals surface area contributed by atoms with Gasteiger partial charge in [0.1, 0.15) is 5.75 Å². The predicted octanol–water partition coefficient (Wildman–Crippen LogP) is 2.29. The molecule has 4 nitrogen and oxygen atoms in total. The van der Waals surface area contributed by atoms with E-state index in [0.29, 0.717) is 5.75 Å². The van der Waals surface area contributed by atoms with Crippen molar-refractivity contribution >= 4 is 17.5 Å². The third-order valence-electron chi connectivity index (χ3n) is 3.66. The molecular weight excluding hydrogens is 276 g/mol. The average molecular weight is 297 g/mol. The molecule has 0 aliphatic carbocycles. The summed E-state index contributed by atoms with van der Waals surface area (Å²) in [5.74, 6) is 0.702. The number of halogens is 1. The minimum absolute atomic E-state index is 0.0159. The number of amides is 1. The fourth-order valence-corrected chi connectivity index (χ4v) is 2.48. The van der Waals surface area contributed by atoms with Crippen LogP contribution in [-0.2, 0) is 4.79 Å². The topological polar surface area (TPSA) is 55.6 Å². The van der Waals surface area contributed by atoms with E-state index in [2.05, 4.69) is 0 Å². The highest BCUT2D eigenvalue weighted by Crippen LogP contribution is 2.25. The fourth-order valence-electron chi connectivity index (χ4n) is 2.37. The van der Waals surface area contributed by atoms with Crippen LogP contribution in [0.2, 0.25) is 5.02 Å². The lowest BCUT2D eigenvalue weighted by molar-refractivity contribution is -0.134. The summed E-state index contributed by atoms with van der Waals surface area (Å²) in [6.45, 7) is 5.37. The number of hydrogen-bond donors (Lipinski definition) is 1. The van der Waals surface area contributed by atoms with Crippen LogP contribution in [0, 0.1) is 13.8 Å². The molecule has 2 N–H and O–H groups in total. The predicted molar refractivity (Wildman–Crippen MR) is 80.2 cm³/mol. The molecule has 0 aromatic heterocycles. The molecule has 1 fully saturated rings. The molecule has 1 amide bonds. The second-order valence-electron chi connectivity index (χ2n) is 5.38. The van der Waals surface area contributed by atoms with E-state index in [0.717, 1.165) is 42.1 Å². The van der Waals surface area contributed by atoms with Crippen molar-refractivity contribution in [3.05, 3.63) is 28.3 Å². The van der Waals surface area contributed by atoms with Gasteiger partial charge < -0.3 is 15.4 Å². The molecule has 5 heteroatoms. The first-order valence-corrected chi connectivity index (χ1v) is 7.28. The number of aryl methyl sites for hydroxylation is 2. The van der Waals surface area contributed by atoms with E-state index in [1.54, 1.807) is 0 Å². The van der Waals surface area contributed by atoms with Gasteiger partial charge in [-0.15, -0.1) is 0 Å². The molecule has 20 heavy (non-hydrogen) atoms. The second-order valence-corrected chi connectivity index (χ2v) is 5.76. The molecule has 1 heterocycles. The van der Waals surface area contributed by atoms with Gasteiger partial charge in [-0.2, -0.15) is 0 Å². The van der Waals surface area contributed by atoms with Crippen LogP contribution in [-0.4, -0.2) is 36.5 Å². The molecule has 1 saturated heterocycles. The fraction of sp³-hybridized carbons (Fsp3) is 0.533. The molecule has 2 rings (SSSR count). The summed E-state index contributed by atoms with van der Waals surface area (Å²) in [6.07, 6.45) is 1.73. The molecule has 1 aliphatic rings. The highest BCUT2D eigenvalue weighted by Gasteiger charge is 2.20. The smallest absolute Gasteiger partial charge is 0.260 e. The maximum absolute atomic E-state index is 12.0. The number of carbonyl (C=O) groups excluding carboxylic acids is 1. The standard InChI is InChI=1S/C15H21ClN2O2/c1-10-7-13(8-11(2)15(10)16)20-9-14(19)18-5-3-12(17)4-6-18/h7-8,12H,3-6,9,17H2,1-2H3. The quantitative estimate of drug-likeness (QED) is 0.931. The zero-order valence-corrected chi connectivity index (χ0v) is 12.7. The maximum atomic E-state index is 12.0. The van der Waals surface area contributed by atoms with Crippen molar-refractivity contribution in [2.75, 3.05) is 19.7 Å². The lowest BCUT2D eigenvalue weighted by Gasteiger charge is -2.30. The summed E-state index contributed by atoms with van der Waals surface area (Å²) in [7, 11) is 0. The number of hydrogen-bond acceptors (Lipinski definition) is 3. The minimum Gasteiger partial charge on any atom is -0.484 e. The summed E-state index contributed by atoms with van der Waals surface area (Å²) in [4.78, 5) is 13.9. The molecule has 0 atom stereocenters. The Labute approximate surface area is 124 Å². The molecule has 110 valence electrons. The SMILES string of the molecule is Cc1cc(OCC(=O)N2CCC(N)CC2)cc(C)c1Cl. The molecule has 0 bridgehead atoms. The van der Waals surface area contributed by atoms with Gasteiger partial charge in [-0.05, 0) is 49.9 Å². The minimum atomic E-state index is 0.0159. The Hall–Kier alpha value is -1.26. The molecular formula is C15H21ClN2O2. The Morgan fingerprint density at radius 3 is 2.45 bits per heavy atom. The van der Waals surface area contributed by atoms with Crippen LogP contribution < -0.4 is 10.5 Å². The number of benzene rings is 1. The van der Waals surface area contributed by atoms with Gasteiger partial charge in [0, 0.05) is 24.2 Å². The number of rotatable bonds is 3. The number of carbonyl (C=O) groups is 1. The van der Waals surface area contributed by atoms with E-state index in [-0.39, 0.29) is 18.6 Å². The summed E-state index contributed by atoms with van der Waals surface area (Å²) in [6, 6.07) is 3.94. The van der Waals surface area contributed by atoms with E-state index in [4.69, 9.17) is 22.1 Å². The maximum Gasteiger partial charge on any atom is 0.260 e. The Balaban J connectivity index is 1.90. The van der Waals surface area contributed by atoms with Gasteiger partial charge in [-0.25, -0.2) is 0 Å². The first-order chi connectivity index (χ1) is 9.47. The van der Waals surface area contributed by atoms with Crippen LogP contribution >= 0.6 is 11.6 Å². The number of piperidine rings is 1. The van der Waals surface area contributed by atoms with Crippen LogP contribution in [0.15, 0.2) is 12.1 Å². The molecule has 0 unspecified atom stereocenters. The third kappa shape index (κ3) is 3.64. The molecule has 1 aromatic carbocycles. The molecule has 0 radical (unpaired) electrons. The summed E-state index contributed by atoms with van der Waals surface area (Å²) >= 11 is 6.11. The van der Waals surface area contributed by atoms with Crippen molar-refractivity contribution in [1.82, 2.24) is 4.90 Å². The van der Waals surface area contributed by atoms with E-state index >= 15 is 0 Å². The third-order valence-corrected chi connectivity index (χ3v) is 4.26. The number of ether oxygens (including phenoxy) is 1. The largest absolute Gasteiger partial charge is 0.484 e. The zero-order valence-electron chi connectivity index (χ0n) is 12.0. The second kappa shape index (κ2) is 6.46. The van der Waals surface area contributed by atoms with Crippen molar-refractivity contribution in [2.24, 2.45) is 5.73 Å². The van der Waals surface area contributed by atoms with Gasteiger partial charge in [-0.1, -0.05) is 11.6 Å². The monoisotopic (exact) mass is 296 g/mol. The van der Waals surface area contributed by atoms with Gasteiger partial charge in [-0.3, -0.25) is 4.79 Å². The number of likely N-dealkylation sites (tertiary alicyclic amines) is 1.